The first-order chi connectivity index (χ1) is 9.61. The highest BCUT2D eigenvalue weighted by Gasteiger charge is 2.38. The number of nitrogens with one attached hydrogen (secondary N) is 2. The fourth-order valence-electron chi connectivity index (χ4n) is 2.32. The number of thiocarbonyl (C=S) groups is 1. The third-order valence-corrected chi connectivity index (χ3v) is 3.91. The smallest absolute Gasteiger partial charge is 0.245 e. The first-order valence-corrected chi connectivity index (χ1v) is 6.67. The number of nitriles is 1. The summed E-state index contributed by atoms with van der Waals surface area (Å²) in [6.07, 6.45) is 0. The quantitative estimate of drug-likeness (QED) is 0.768. The molecule has 0 saturated carbocycles. The topological polar surface area (TPSA) is 68.2 Å². The number of nitrogens with zero attached hydrogens (tertiary/aromatic N) is 2. The summed E-state index contributed by atoms with van der Waals surface area (Å²) in [6.45, 7) is 0.127. The maximum absolute atomic E-state index is 11.5. The molecular weight excluding hydrogens is 296 g/mol. The highest BCUT2D eigenvalue weighted by Crippen LogP contribution is 2.33. The minimum absolute atomic E-state index is 0.127. The molecule has 2 aliphatic rings. The van der Waals surface area contributed by atoms with Crippen molar-refractivity contribution in [2.45, 2.75) is 6.04 Å². The van der Waals surface area contributed by atoms with Crippen molar-refractivity contribution < 1.29 is 4.79 Å². The summed E-state index contributed by atoms with van der Waals surface area (Å²) >= 11 is 11.4. The molecule has 0 spiro atoms. The molecule has 0 bridgehead atoms. The summed E-state index contributed by atoms with van der Waals surface area (Å²) in [4.78, 5) is 13.1. The minimum Gasteiger partial charge on any atom is -0.350 e. The van der Waals surface area contributed by atoms with Gasteiger partial charge in [-0.25, -0.2) is 0 Å². The molecule has 2 aliphatic heterocycles. The number of benzene rings is 1. The lowest BCUT2D eigenvalue weighted by molar-refractivity contribution is -0.118. The second kappa shape index (κ2) is 4.78. The van der Waals surface area contributed by atoms with Gasteiger partial charge in [-0.2, -0.15) is 5.26 Å². The van der Waals surface area contributed by atoms with Crippen molar-refractivity contribution in [2.75, 3.05) is 6.54 Å². The molecule has 1 amide bonds. The molecule has 100 valence electrons. The lowest BCUT2D eigenvalue weighted by Gasteiger charge is -2.32. The van der Waals surface area contributed by atoms with Crippen LogP contribution in [0.1, 0.15) is 11.6 Å². The predicted molar refractivity (Wildman–Crippen MR) is 77.4 cm³/mol. The number of hydrogen-bond donors (Lipinski definition) is 2. The van der Waals surface area contributed by atoms with Gasteiger partial charge in [0.2, 0.25) is 5.91 Å². The van der Waals surface area contributed by atoms with Gasteiger partial charge in [0.05, 0.1) is 11.6 Å². The van der Waals surface area contributed by atoms with Crippen molar-refractivity contribution in [3.63, 3.8) is 0 Å². The number of halogens is 1. The largest absolute Gasteiger partial charge is 0.350 e. The van der Waals surface area contributed by atoms with Crippen LogP contribution in [0.3, 0.4) is 0 Å². The Morgan fingerprint density at radius 2 is 2.20 bits per heavy atom. The van der Waals surface area contributed by atoms with Crippen LogP contribution >= 0.6 is 23.8 Å². The Hall–Kier alpha value is -2.10. The van der Waals surface area contributed by atoms with Gasteiger partial charge in [0, 0.05) is 5.02 Å². The van der Waals surface area contributed by atoms with Crippen LogP contribution in [0.5, 0.6) is 0 Å². The molecule has 7 heteroatoms. The first kappa shape index (κ1) is 12.9. The van der Waals surface area contributed by atoms with E-state index in [0.717, 1.165) is 5.56 Å². The first-order valence-electron chi connectivity index (χ1n) is 5.88. The van der Waals surface area contributed by atoms with Crippen molar-refractivity contribution in [3.05, 3.63) is 46.2 Å². The van der Waals surface area contributed by atoms with Crippen molar-refractivity contribution in [2.24, 2.45) is 0 Å². The molecule has 1 saturated heterocycles. The standard InChI is InChI=1S/C13H9ClN4OS/c14-9-4-2-1-3-7(9)11-8(5-15)12-16-10(19)6-18(12)13(20)17-11/h1-4,11H,6H2,(H,16,19)(H,17,20). The van der Waals surface area contributed by atoms with Crippen molar-refractivity contribution in [3.8, 4) is 6.07 Å². The van der Waals surface area contributed by atoms with Crippen molar-refractivity contribution in [1.29, 1.82) is 5.26 Å². The zero-order valence-electron chi connectivity index (χ0n) is 10.2. The summed E-state index contributed by atoms with van der Waals surface area (Å²) in [6, 6.07) is 8.91. The molecular formula is C13H9ClN4OS. The summed E-state index contributed by atoms with van der Waals surface area (Å²) in [5, 5.41) is 16.1. The van der Waals surface area contributed by atoms with Crippen molar-refractivity contribution >= 4 is 34.8 Å². The van der Waals surface area contributed by atoms with Gasteiger partial charge in [-0.05, 0) is 23.8 Å². The Balaban J connectivity index is 2.14. The molecule has 0 aromatic heterocycles. The third kappa shape index (κ3) is 1.92. The monoisotopic (exact) mass is 304 g/mol. The molecule has 20 heavy (non-hydrogen) atoms. The van der Waals surface area contributed by atoms with E-state index >= 15 is 0 Å². The Kier molecular flexibility index (Phi) is 3.08. The number of hydrogen-bond acceptors (Lipinski definition) is 3. The molecule has 5 nitrogen and oxygen atoms in total. The molecule has 0 aliphatic carbocycles. The maximum atomic E-state index is 11.5. The maximum Gasteiger partial charge on any atom is 0.245 e. The lowest BCUT2D eigenvalue weighted by atomic mass is 9.98. The van der Waals surface area contributed by atoms with E-state index in [-0.39, 0.29) is 12.5 Å². The van der Waals surface area contributed by atoms with E-state index in [0.29, 0.717) is 21.5 Å². The molecule has 1 aromatic rings. The highest BCUT2D eigenvalue weighted by atomic mass is 35.5. The van der Waals surface area contributed by atoms with E-state index in [4.69, 9.17) is 23.8 Å². The predicted octanol–water partition coefficient (Wildman–Crippen LogP) is 1.44. The molecule has 1 aromatic carbocycles. The van der Waals surface area contributed by atoms with E-state index in [9.17, 15) is 10.1 Å². The molecule has 1 fully saturated rings. The number of fused-ring (bicyclic) bond motifs is 1. The summed E-state index contributed by atoms with van der Waals surface area (Å²) < 4.78 is 0. The number of amides is 1. The van der Waals surface area contributed by atoms with Gasteiger partial charge in [-0.1, -0.05) is 29.8 Å². The third-order valence-electron chi connectivity index (χ3n) is 3.22. The van der Waals surface area contributed by atoms with E-state index in [1.165, 1.54) is 0 Å². The second-order valence-electron chi connectivity index (χ2n) is 4.41. The zero-order valence-corrected chi connectivity index (χ0v) is 11.8. The number of rotatable bonds is 1. The van der Waals surface area contributed by atoms with Crippen LogP contribution in [0.25, 0.3) is 0 Å². The number of carbonyl (C=O) groups excluding carboxylic acids is 1. The van der Waals surface area contributed by atoms with Crippen LogP contribution in [0.2, 0.25) is 5.02 Å². The van der Waals surface area contributed by atoms with Crippen LogP contribution in [0.15, 0.2) is 35.7 Å². The van der Waals surface area contributed by atoms with E-state index in [1.807, 2.05) is 18.2 Å². The van der Waals surface area contributed by atoms with Gasteiger partial charge in [-0.15, -0.1) is 0 Å². The normalized spacial score (nSPS) is 21.2. The van der Waals surface area contributed by atoms with Crippen LogP contribution in [-0.4, -0.2) is 22.5 Å². The van der Waals surface area contributed by atoms with Gasteiger partial charge in [0.1, 0.15) is 18.4 Å². The average molecular weight is 305 g/mol. The molecule has 2 heterocycles. The molecule has 3 rings (SSSR count). The van der Waals surface area contributed by atoms with Crippen LogP contribution in [-0.2, 0) is 4.79 Å². The number of carbonyl (C=O) groups is 1. The highest BCUT2D eigenvalue weighted by molar-refractivity contribution is 7.80. The van der Waals surface area contributed by atoms with Gasteiger partial charge in [0.15, 0.2) is 5.11 Å². The van der Waals surface area contributed by atoms with Gasteiger partial charge in [0.25, 0.3) is 0 Å². The fourth-order valence-corrected chi connectivity index (χ4v) is 2.84. The summed E-state index contributed by atoms with van der Waals surface area (Å²) in [7, 11) is 0. The summed E-state index contributed by atoms with van der Waals surface area (Å²) in [5.74, 6) is 0.267. The second-order valence-corrected chi connectivity index (χ2v) is 5.21. The summed E-state index contributed by atoms with van der Waals surface area (Å²) in [5.41, 5.74) is 1.15. The van der Waals surface area contributed by atoms with E-state index in [1.54, 1.807) is 11.0 Å². The van der Waals surface area contributed by atoms with Gasteiger partial charge in [-0.3, -0.25) is 9.69 Å². The fraction of sp³-hybridized carbons (Fsp3) is 0.154. The Labute approximate surface area is 125 Å². The van der Waals surface area contributed by atoms with Crippen LogP contribution < -0.4 is 10.6 Å². The van der Waals surface area contributed by atoms with Crippen LogP contribution in [0, 0.1) is 11.3 Å². The van der Waals surface area contributed by atoms with Gasteiger partial charge >= 0.3 is 0 Å². The van der Waals surface area contributed by atoms with Crippen molar-refractivity contribution in [1.82, 2.24) is 15.5 Å². The molecule has 1 unspecified atom stereocenters. The zero-order chi connectivity index (χ0) is 14.3. The molecule has 0 radical (unpaired) electrons. The van der Waals surface area contributed by atoms with Gasteiger partial charge < -0.3 is 10.6 Å². The van der Waals surface area contributed by atoms with E-state index in [2.05, 4.69) is 16.7 Å². The average Bonchev–Trinajstić information content (AvgIpc) is 2.81. The lowest BCUT2D eigenvalue weighted by Crippen LogP contribution is -2.45. The molecule has 1 atom stereocenters. The van der Waals surface area contributed by atoms with Crippen LogP contribution in [0.4, 0.5) is 0 Å². The Bertz CT molecular complexity index is 694. The Morgan fingerprint density at radius 1 is 1.45 bits per heavy atom. The minimum atomic E-state index is -0.453. The molecule has 2 N–H and O–H groups in total. The SMILES string of the molecule is N#CC1=C2NC(=O)CN2C(=S)NC1c1ccccc1Cl. The van der Waals surface area contributed by atoms with E-state index < -0.39 is 6.04 Å². The Morgan fingerprint density at radius 3 is 2.90 bits per heavy atom.